The molecule has 1 aliphatic carbocycles. The second-order valence-corrected chi connectivity index (χ2v) is 8.88. The number of amides is 1. The van der Waals surface area contributed by atoms with Crippen LogP contribution in [0.3, 0.4) is 0 Å². The molecule has 0 spiro atoms. The van der Waals surface area contributed by atoms with Gasteiger partial charge in [-0.1, -0.05) is 48.5 Å². The first-order valence-corrected chi connectivity index (χ1v) is 11.0. The second kappa shape index (κ2) is 10.8. The van der Waals surface area contributed by atoms with Crippen LogP contribution in [-0.4, -0.2) is 29.2 Å². The molecule has 1 aromatic carbocycles. The first-order valence-electron chi connectivity index (χ1n) is 8.05. The standard InChI is InChI=1S/C17H23Cl2NOS2/c18-15-7-4-8-16(19)14(15)11-22-12-17(21)20-9-10-23-13-5-2-1-3-6-13/h4,7-8,13H,1-3,5-6,9-12H2,(H,20,21). The largest absolute Gasteiger partial charge is 0.355 e. The fourth-order valence-electron chi connectivity index (χ4n) is 2.61. The zero-order valence-electron chi connectivity index (χ0n) is 13.2. The van der Waals surface area contributed by atoms with Gasteiger partial charge in [0.15, 0.2) is 0 Å². The zero-order chi connectivity index (χ0) is 16.5. The third-order valence-electron chi connectivity index (χ3n) is 3.87. The lowest BCUT2D eigenvalue weighted by Gasteiger charge is -2.20. The van der Waals surface area contributed by atoms with Gasteiger partial charge in [-0.3, -0.25) is 4.79 Å². The van der Waals surface area contributed by atoms with Crippen molar-refractivity contribution in [1.82, 2.24) is 5.32 Å². The lowest BCUT2D eigenvalue weighted by atomic mass is 10.0. The highest BCUT2D eigenvalue weighted by Crippen LogP contribution is 2.28. The van der Waals surface area contributed by atoms with E-state index in [4.69, 9.17) is 23.2 Å². The molecule has 2 nitrogen and oxygen atoms in total. The Morgan fingerprint density at radius 2 is 1.87 bits per heavy atom. The van der Waals surface area contributed by atoms with E-state index in [1.165, 1.54) is 32.1 Å². The number of rotatable bonds is 8. The van der Waals surface area contributed by atoms with Gasteiger partial charge in [-0.05, 0) is 30.5 Å². The molecule has 1 N–H and O–H groups in total. The molecule has 2 rings (SSSR count). The van der Waals surface area contributed by atoms with Crippen molar-refractivity contribution in [2.45, 2.75) is 43.1 Å². The molecule has 1 saturated carbocycles. The van der Waals surface area contributed by atoms with E-state index in [0.29, 0.717) is 21.6 Å². The maximum absolute atomic E-state index is 11.8. The van der Waals surface area contributed by atoms with Crippen molar-refractivity contribution in [2.24, 2.45) is 0 Å². The number of hydrogen-bond acceptors (Lipinski definition) is 3. The molecular formula is C17H23Cl2NOS2. The third-order valence-corrected chi connectivity index (χ3v) is 6.92. The Labute approximate surface area is 157 Å². The number of hydrogen-bond donors (Lipinski definition) is 1. The molecule has 23 heavy (non-hydrogen) atoms. The molecule has 6 heteroatoms. The Hall–Kier alpha value is -0.0300. The van der Waals surface area contributed by atoms with Gasteiger partial charge in [0.2, 0.25) is 5.91 Å². The van der Waals surface area contributed by atoms with Crippen LogP contribution in [0.25, 0.3) is 0 Å². The summed E-state index contributed by atoms with van der Waals surface area (Å²) in [4.78, 5) is 11.8. The summed E-state index contributed by atoms with van der Waals surface area (Å²) in [5.74, 6) is 2.19. The number of carbonyl (C=O) groups is 1. The van der Waals surface area contributed by atoms with E-state index in [0.717, 1.165) is 23.1 Å². The second-order valence-electron chi connectivity index (χ2n) is 5.67. The van der Waals surface area contributed by atoms with Crippen LogP contribution in [0, 0.1) is 0 Å². The maximum atomic E-state index is 11.8. The molecule has 0 aromatic heterocycles. The average Bonchev–Trinajstić information content (AvgIpc) is 2.55. The molecule has 128 valence electrons. The molecule has 0 aliphatic heterocycles. The van der Waals surface area contributed by atoms with Gasteiger partial charge in [0.1, 0.15) is 0 Å². The number of carbonyl (C=O) groups excluding carboxylic acids is 1. The monoisotopic (exact) mass is 391 g/mol. The summed E-state index contributed by atoms with van der Waals surface area (Å²) in [5.41, 5.74) is 0.904. The lowest BCUT2D eigenvalue weighted by Crippen LogP contribution is -2.28. The first kappa shape index (κ1) is 19.3. The van der Waals surface area contributed by atoms with Crippen LogP contribution < -0.4 is 5.32 Å². The Morgan fingerprint density at radius 3 is 2.57 bits per heavy atom. The Kier molecular flexibility index (Phi) is 9.02. The molecule has 1 aliphatic rings. The molecule has 1 amide bonds. The van der Waals surface area contributed by atoms with Crippen molar-refractivity contribution >= 4 is 52.6 Å². The van der Waals surface area contributed by atoms with E-state index in [2.05, 4.69) is 5.32 Å². The summed E-state index contributed by atoms with van der Waals surface area (Å²) in [6.45, 7) is 0.757. The number of halogens is 2. The molecule has 1 fully saturated rings. The topological polar surface area (TPSA) is 29.1 Å². The Balaban J connectivity index is 1.56. The van der Waals surface area contributed by atoms with Gasteiger partial charge in [-0.15, -0.1) is 11.8 Å². The lowest BCUT2D eigenvalue weighted by molar-refractivity contribution is -0.118. The predicted molar refractivity (Wildman–Crippen MR) is 105 cm³/mol. The van der Waals surface area contributed by atoms with Crippen molar-refractivity contribution in [2.75, 3.05) is 18.1 Å². The number of thioether (sulfide) groups is 2. The molecule has 0 atom stereocenters. The van der Waals surface area contributed by atoms with Crippen molar-refractivity contribution in [3.05, 3.63) is 33.8 Å². The average molecular weight is 392 g/mol. The first-order chi connectivity index (χ1) is 11.2. The summed E-state index contributed by atoms with van der Waals surface area (Å²) in [6.07, 6.45) is 6.80. The van der Waals surface area contributed by atoms with Gasteiger partial charge in [0, 0.05) is 33.3 Å². The Morgan fingerprint density at radius 1 is 1.17 bits per heavy atom. The van der Waals surface area contributed by atoms with Gasteiger partial charge in [0.05, 0.1) is 5.75 Å². The SMILES string of the molecule is O=C(CSCc1c(Cl)cccc1Cl)NCCSC1CCCCC1. The minimum Gasteiger partial charge on any atom is -0.355 e. The van der Waals surface area contributed by atoms with E-state index in [1.807, 2.05) is 30.0 Å². The fraction of sp³-hybridized carbons (Fsp3) is 0.588. The van der Waals surface area contributed by atoms with E-state index in [-0.39, 0.29) is 5.91 Å². The zero-order valence-corrected chi connectivity index (χ0v) is 16.3. The maximum Gasteiger partial charge on any atom is 0.230 e. The van der Waals surface area contributed by atoms with Crippen molar-refractivity contribution in [3.8, 4) is 0 Å². The van der Waals surface area contributed by atoms with E-state index in [1.54, 1.807) is 11.8 Å². The van der Waals surface area contributed by atoms with Gasteiger partial charge >= 0.3 is 0 Å². The van der Waals surface area contributed by atoms with E-state index in [9.17, 15) is 4.79 Å². The molecular weight excluding hydrogens is 369 g/mol. The summed E-state index contributed by atoms with van der Waals surface area (Å²) in [6, 6.07) is 5.48. The summed E-state index contributed by atoms with van der Waals surface area (Å²) in [5, 5.41) is 5.12. The number of nitrogens with one attached hydrogen (secondary N) is 1. The van der Waals surface area contributed by atoms with Gasteiger partial charge in [-0.25, -0.2) is 0 Å². The van der Waals surface area contributed by atoms with Crippen molar-refractivity contribution < 1.29 is 4.79 Å². The third kappa shape index (κ3) is 7.16. The molecule has 0 bridgehead atoms. The van der Waals surface area contributed by atoms with E-state index < -0.39 is 0 Å². The highest BCUT2D eigenvalue weighted by atomic mass is 35.5. The van der Waals surface area contributed by atoms with Crippen LogP contribution in [0.1, 0.15) is 37.7 Å². The van der Waals surface area contributed by atoms with Gasteiger partial charge in [0.25, 0.3) is 0 Å². The van der Waals surface area contributed by atoms with Crippen LogP contribution in [0.4, 0.5) is 0 Å². The van der Waals surface area contributed by atoms with Crippen molar-refractivity contribution in [1.29, 1.82) is 0 Å². The molecule has 0 unspecified atom stereocenters. The van der Waals surface area contributed by atoms with Crippen LogP contribution in [-0.2, 0) is 10.5 Å². The number of benzene rings is 1. The minimum atomic E-state index is 0.0856. The van der Waals surface area contributed by atoms with Gasteiger partial charge in [-0.2, -0.15) is 11.8 Å². The smallest absolute Gasteiger partial charge is 0.230 e. The summed E-state index contributed by atoms with van der Waals surface area (Å²) < 4.78 is 0. The molecule has 1 aromatic rings. The molecule has 0 radical (unpaired) electrons. The Bertz CT molecular complexity index is 487. The summed E-state index contributed by atoms with van der Waals surface area (Å²) >= 11 is 15.8. The van der Waals surface area contributed by atoms with Crippen LogP contribution in [0.2, 0.25) is 10.0 Å². The highest BCUT2D eigenvalue weighted by molar-refractivity contribution is 8.00. The van der Waals surface area contributed by atoms with Gasteiger partial charge < -0.3 is 5.32 Å². The van der Waals surface area contributed by atoms with Crippen LogP contribution >= 0.6 is 46.7 Å². The molecule has 0 heterocycles. The normalized spacial score (nSPS) is 15.6. The van der Waals surface area contributed by atoms with Crippen molar-refractivity contribution in [3.63, 3.8) is 0 Å². The minimum absolute atomic E-state index is 0.0856. The highest BCUT2D eigenvalue weighted by Gasteiger charge is 2.13. The molecule has 0 saturated heterocycles. The predicted octanol–water partition coefficient (Wildman–Crippen LogP) is 5.41. The quantitative estimate of drug-likeness (QED) is 0.600. The van der Waals surface area contributed by atoms with E-state index >= 15 is 0 Å². The fourth-order valence-corrected chi connectivity index (χ4v) is 5.43. The van der Waals surface area contributed by atoms with Crippen LogP contribution in [0.5, 0.6) is 0 Å². The van der Waals surface area contributed by atoms with Crippen LogP contribution in [0.15, 0.2) is 18.2 Å². The summed E-state index contributed by atoms with van der Waals surface area (Å²) in [7, 11) is 0.